The zero-order valence-electron chi connectivity index (χ0n) is 11.7. The Hall–Kier alpha value is -2.11. The number of aromatic amines is 1. The molecule has 1 aliphatic rings. The lowest BCUT2D eigenvalue weighted by molar-refractivity contribution is 0.726. The van der Waals surface area contributed by atoms with Gasteiger partial charge in [0.05, 0.1) is 11.9 Å². The van der Waals surface area contributed by atoms with Gasteiger partial charge in [0.25, 0.3) is 5.56 Å². The first kappa shape index (κ1) is 12.9. The average molecular weight is 273 g/mol. The van der Waals surface area contributed by atoms with Gasteiger partial charge in [-0.05, 0) is 12.8 Å². The highest BCUT2D eigenvalue weighted by Gasteiger charge is 2.14. The summed E-state index contributed by atoms with van der Waals surface area (Å²) in [5.74, 6) is 0.679. The fourth-order valence-corrected chi connectivity index (χ4v) is 2.58. The summed E-state index contributed by atoms with van der Waals surface area (Å²) in [6.07, 6.45) is 8.41. The number of H-pyrrole nitrogens is 1. The number of aromatic nitrogens is 4. The molecular weight excluding hydrogens is 254 g/mol. The quantitative estimate of drug-likeness (QED) is 0.901. The minimum Gasteiger partial charge on any atom is -0.342 e. The van der Waals surface area contributed by atoms with Gasteiger partial charge >= 0.3 is 0 Å². The summed E-state index contributed by atoms with van der Waals surface area (Å²) in [7, 11) is 1.85. The molecule has 0 bridgehead atoms. The minimum absolute atomic E-state index is 0.113. The van der Waals surface area contributed by atoms with Crippen LogP contribution in [0, 0.1) is 0 Å². The fraction of sp³-hybridized carbons (Fsp3) is 0.500. The zero-order valence-corrected chi connectivity index (χ0v) is 11.7. The van der Waals surface area contributed by atoms with Gasteiger partial charge in [0.15, 0.2) is 0 Å². The summed E-state index contributed by atoms with van der Waals surface area (Å²) in [4.78, 5) is 21.5. The molecular formula is C14H19N5O. The van der Waals surface area contributed by atoms with Gasteiger partial charge in [-0.3, -0.25) is 14.5 Å². The highest BCUT2D eigenvalue weighted by Crippen LogP contribution is 2.19. The molecule has 0 spiro atoms. The molecule has 1 saturated heterocycles. The number of hydrogen-bond donors (Lipinski definition) is 1. The normalized spacial score (nSPS) is 16.1. The fourth-order valence-electron chi connectivity index (χ4n) is 2.58. The van der Waals surface area contributed by atoms with E-state index in [2.05, 4.69) is 20.0 Å². The first-order valence-corrected chi connectivity index (χ1v) is 7.08. The predicted octanol–water partition coefficient (Wildman–Crippen LogP) is 1.55. The van der Waals surface area contributed by atoms with Crippen molar-refractivity contribution in [1.82, 2.24) is 19.7 Å². The topological polar surface area (TPSA) is 66.8 Å². The third kappa shape index (κ3) is 2.74. The van der Waals surface area contributed by atoms with Gasteiger partial charge in [-0.15, -0.1) is 0 Å². The summed E-state index contributed by atoms with van der Waals surface area (Å²) >= 11 is 0. The molecule has 6 nitrogen and oxygen atoms in total. The summed E-state index contributed by atoms with van der Waals surface area (Å²) in [5.41, 5.74) is 1.44. The maximum Gasteiger partial charge on any atom is 0.252 e. The molecule has 1 N–H and O–H groups in total. The zero-order chi connectivity index (χ0) is 13.9. The van der Waals surface area contributed by atoms with Gasteiger partial charge in [-0.25, -0.2) is 4.98 Å². The first-order valence-electron chi connectivity index (χ1n) is 7.08. The molecule has 2 aromatic rings. The Labute approximate surface area is 117 Å². The Morgan fingerprint density at radius 1 is 1.20 bits per heavy atom. The lowest BCUT2D eigenvalue weighted by Gasteiger charge is -2.20. The lowest BCUT2D eigenvalue weighted by atomic mass is 10.2. The highest BCUT2D eigenvalue weighted by atomic mass is 16.1. The minimum atomic E-state index is -0.113. The summed E-state index contributed by atoms with van der Waals surface area (Å²) in [6.45, 7) is 1.92. The van der Waals surface area contributed by atoms with E-state index in [1.807, 2.05) is 13.2 Å². The van der Waals surface area contributed by atoms with Gasteiger partial charge in [0.1, 0.15) is 0 Å². The van der Waals surface area contributed by atoms with Crippen LogP contribution in [0.5, 0.6) is 0 Å². The SMILES string of the molecule is Cn1cc(-c2cc(=O)[nH]c(N3CCCCCC3)n2)cn1. The molecule has 2 aromatic heterocycles. The van der Waals surface area contributed by atoms with Crippen LogP contribution in [0.3, 0.4) is 0 Å². The van der Waals surface area contributed by atoms with Crippen molar-refractivity contribution in [2.45, 2.75) is 25.7 Å². The van der Waals surface area contributed by atoms with Crippen LogP contribution >= 0.6 is 0 Å². The smallest absolute Gasteiger partial charge is 0.252 e. The van der Waals surface area contributed by atoms with E-state index in [0.717, 1.165) is 31.5 Å². The van der Waals surface area contributed by atoms with Gasteiger partial charge < -0.3 is 4.90 Å². The van der Waals surface area contributed by atoms with Crippen LogP contribution in [-0.4, -0.2) is 32.8 Å². The Balaban J connectivity index is 1.95. The Morgan fingerprint density at radius 3 is 2.60 bits per heavy atom. The molecule has 106 valence electrons. The van der Waals surface area contributed by atoms with Crippen molar-refractivity contribution in [3.8, 4) is 11.3 Å². The second-order valence-electron chi connectivity index (χ2n) is 5.26. The van der Waals surface area contributed by atoms with Crippen LogP contribution in [0.1, 0.15) is 25.7 Å². The first-order chi connectivity index (χ1) is 9.72. The Morgan fingerprint density at radius 2 is 1.95 bits per heavy atom. The van der Waals surface area contributed by atoms with Gasteiger partial charge in [0, 0.05) is 38.0 Å². The van der Waals surface area contributed by atoms with Crippen LogP contribution in [0.25, 0.3) is 11.3 Å². The molecule has 1 fully saturated rings. The number of anilines is 1. The van der Waals surface area contributed by atoms with E-state index in [1.165, 1.54) is 18.9 Å². The maximum atomic E-state index is 11.9. The maximum absolute atomic E-state index is 11.9. The van der Waals surface area contributed by atoms with E-state index in [1.54, 1.807) is 10.9 Å². The molecule has 0 amide bonds. The highest BCUT2D eigenvalue weighted by molar-refractivity contribution is 5.58. The molecule has 3 heterocycles. The lowest BCUT2D eigenvalue weighted by Crippen LogP contribution is -2.28. The summed E-state index contributed by atoms with van der Waals surface area (Å²) in [6, 6.07) is 1.53. The van der Waals surface area contributed by atoms with E-state index in [0.29, 0.717) is 11.6 Å². The monoisotopic (exact) mass is 273 g/mol. The third-order valence-corrected chi connectivity index (χ3v) is 3.64. The number of rotatable bonds is 2. The van der Waals surface area contributed by atoms with Crippen molar-refractivity contribution in [3.05, 3.63) is 28.8 Å². The Kier molecular flexibility index (Phi) is 3.54. The average Bonchev–Trinajstić information content (AvgIpc) is 2.71. The largest absolute Gasteiger partial charge is 0.342 e. The molecule has 0 unspecified atom stereocenters. The molecule has 0 saturated carbocycles. The van der Waals surface area contributed by atoms with Gasteiger partial charge in [-0.2, -0.15) is 5.10 Å². The molecule has 0 aromatic carbocycles. The van der Waals surface area contributed by atoms with E-state index in [4.69, 9.17) is 0 Å². The van der Waals surface area contributed by atoms with Crippen molar-refractivity contribution >= 4 is 5.95 Å². The number of nitrogens with zero attached hydrogens (tertiary/aromatic N) is 4. The van der Waals surface area contributed by atoms with Crippen molar-refractivity contribution in [1.29, 1.82) is 0 Å². The van der Waals surface area contributed by atoms with Crippen LogP contribution < -0.4 is 10.5 Å². The van der Waals surface area contributed by atoms with E-state index < -0.39 is 0 Å². The third-order valence-electron chi connectivity index (χ3n) is 3.64. The number of hydrogen-bond acceptors (Lipinski definition) is 4. The van der Waals surface area contributed by atoms with Gasteiger partial charge in [0.2, 0.25) is 5.95 Å². The predicted molar refractivity (Wildman–Crippen MR) is 77.7 cm³/mol. The second-order valence-corrected chi connectivity index (χ2v) is 5.26. The molecule has 0 aliphatic carbocycles. The van der Waals surface area contributed by atoms with Crippen LogP contribution in [-0.2, 0) is 7.05 Å². The van der Waals surface area contributed by atoms with Crippen molar-refractivity contribution < 1.29 is 0 Å². The molecule has 0 radical (unpaired) electrons. The van der Waals surface area contributed by atoms with E-state index in [9.17, 15) is 4.79 Å². The van der Waals surface area contributed by atoms with Crippen LogP contribution in [0.4, 0.5) is 5.95 Å². The Bertz CT molecular complexity index is 637. The van der Waals surface area contributed by atoms with E-state index in [-0.39, 0.29) is 5.56 Å². The van der Waals surface area contributed by atoms with Crippen molar-refractivity contribution in [2.75, 3.05) is 18.0 Å². The number of aryl methyl sites for hydroxylation is 1. The second kappa shape index (κ2) is 5.48. The van der Waals surface area contributed by atoms with E-state index >= 15 is 0 Å². The van der Waals surface area contributed by atoms with Crippen molar-refractivity contribution in [3.63, 3.8) is 0 Å². The van der Waals surface area contributed by atoms with Crippen molar-refractivity contribution in [2.24, 2.45) is 7.05 Å². The molecule has 1 aliphatic heterocycles. The van der Waals surface area contributed by atoms with Crippen LogP contribution in [0.2, 0.25) is 0 Å². The summed E-state index contributed by atoms with van der Waals surface area (Å²) in [5, 5.41) is 4.13. The standard InChI is InChI=1S/C14H19N5O/c1-18-10-11(9-15-18)12-8-13(20)17-14(16-12)19-6-4-2-3-5-7-19/h8-10H,2-7H2,1H3,(H,16,17,20). The molecule has 6 heteroatoms. The number of nitrogens with one attached hydrogen (secondary N) is 1. The molecule has 20 heavy (non-hydrogen) atoms. The summed E-state index contributed by atoms with van der Waals surface area (Å²) < 4.78 is 1.71. The van der Waals surface area contributed by atoms with Crippen LogP contribution in [0.15, 0.2) is 23.3 Å². The molecule has 3 rings (SSSR count). The molecule has 0 atom stereocenters. The van der Waals surface area contributed by atoms with Gasteiger partial charge in [-0.1, -0.05) is 12.8 Å².